The van der Waals surface area contributed by atoms with Crippen LogP contribution in [-0.2, 0) is 17.1 Å². The number of hydrogen-bond acceptors (Lipinski definition) is 2. The van der Waals surface area contributed by atoms with Crippen LogP contribution in [0.2, 0.25) is 0 Å². The van der Waals surface area contributed by atoms with E-state index in [2.05, 4.69) is 0 Å². The summed E-state index contributed by atoms with van der Waals surface area (Å²) in [5.74, 6) is -3.02. The topological polar surface area (TPSA) is 29.5 Å². The Balaban J connectivity index is 1.62. The normalized spacial score (nSPS) is 20.9. The molecule has 2 heterocycles. The summed E-state index contributed by atoms with van der Waals surface area (Å²) in [5, 5.41) is 0. The van der Waals surface area contributed by atoms with Gasteiger partial charge in [0.2, 0.25) is 5.91 Å². The number of carbonyl (C=O) groups excluding carboxylic acids is 1. The third-order valence-electron chi connectivity index (χ3n) is 8.22. The fourth-order valence-corrected chi connectivity index (χ4v) is 6.31. The first-order valence-electron chi connectivity index (χ1n) is 13.4. The molecule has 42 heavy (non-hydrogen) atoms. The third-order valence-corrected chi connectivity index (χ3v) is 8.22. The van der Waals surface area contributed by atoms with Gasteiger partial charge >= 0.3 is 12.4 Å². The van der Waals surface area contributed by atoms with E-state index >= 15 is 0 Å². The molecule has 0 aromatic heterocycles. The van der Waals surface area contributed by atoms with Crippen molar-refractivity contribution in [2.24, 2.45) is 0 Å². The molecule has 2 aliphatic rings. The highest BCUT2D eigenvalue weighted by Crippen LogP contribution is 2.52. The molecule has 3 nitrogen and oxygen atoms in total. The molecule has 2 saturated heterocycles. The molecule has 0 N–H and O–H groups in total. The van der Waals surface area contributed by atoms with Gasteiger partial charge in [-0.05, 0) is 77.4 Å². The van der Waals surface area contributed by atoms with Crippen LogP contribution in [-0.4, -0.2) is 24.0 Å². The van der Waals surface area contributed by atoms with Crippen molar-refractivity contribution in [2.45, 2.75) is 69.4 Å². The molecular formula is C31H27F8NO2. The van der Waals surface area contributed by atoms with E-state index in [1.807, 2.05) is 0 Å². The molecule has 0 radical (unpaired) electrons. The number of methoxy groups -OCH3 is 1. The van der Waals surface area contributed by atoms with E-state index in [0.717, 1.165) is 24.3 Å². The summed E-state index contributed by atoms with van der Waals surface area (Å²) < 4.78 is 116. The molecule has 0 saturated carbocycles. The number of benzene rings is 3. The van der Waals surface area contributed by atoms with Gasteiger partial charge in [-0.25, -0.2) is 8.78 Å². The van der Waals surface area contributed by atoms with E-state index < -0.39 is 59.0 Å². The van der Waals surface area contributed by atoms with Crippen molar-refractivity contribution in [1.82, 2.24) is 4.90 Å². The Hall–Kier alpha value is -3.63. The number of fused-ring (bicyclic) bond motifs is 1. The average molecular weight is 598 g/mol. The number of halogens is 8. The lowest BCUT2D eigenvalue weighted by Gasteiger charge is -2.29. The fraction of sp³-hybridized carbons (Fsp3) is 0.387. The molecule has 224 valence electrons. The summed E-state index contributed by atoms with van der Waals surface area (Å²) in [6.45, 7) is 3.53. The number of amides is 1. The van der Waals surface area contributed by atoms with E-state index in [4.69, 9.17) is 4.74 Å². The highest BCUT2D eigenvalue weighted by Gasteiger charge is 2.49. The van der Waals surface area contributed by atoms with Gasteiger partial charge in [0.05, 0.1) is 24.3 Å². The Morgan fingerprint density at radius 2 is 1.55 bits per heavy atom. The Kier molecular flexibility index (Phi) is 7.52. The SMILES string of the molecule is COc1cc(F)c(C(C)C)cc1-c1ccc(C(F)(F)F)cc1[C@@H]1CC[C@H]2[C@@H](c3cc(F)cc(C(F)(F)F)c3)CC(=O)N12. The number of nitrogens with zero attached hydrogens (tertiary/aromatic N) is 1. The van der Waals surface area contributed by atoms with Crippen molar-refractivity contribution >= 4 is 5.91 Å². The van der Waals surface area contributed by atoms with Gasteiger partial charge in [-0.1, -0.05) is 19.9 Å². The van der Waals surface area contributed by atoms with Crippen LogP contribution >= 0.6 is 0 Å². The standard InChI is InChI=1S/C31H27F8NO2/c1-15(2)21-12-24(28(42-3)14-25(21)33)20-5-4-17(30(34,35)36)11-23(20)27-7-6-26-22(13-29(41)40(26)27)16-8-18(31(37,38)39)10-19(32)9-16/h4-5,8-12,14-15,22,26-27H,6-7,13H2,1-3H3/t22-,26+,27+/m1/s1. The van der Waals surface area contributed by atoms with Gasteiger partial charge in [0, 0.05) is 30.0 Å². The zero-order chi connectivity index (χ0) is 30.7. The zero-order valence-electron chi connectivity index (χ0n) is 22.8. The summed E-state index contributed by atoms with van der Waals surface area (Å²) in [7, 11) is 1.31. The molecule has 2 aliphatic heterocycles. The first kappa shape index (κ1) is 29.8. The Morgan fingerprint density at radius 3 is 2.17 bits per heavy atom. The molecule has 11 heteroatoms. The van der Waals surface area contributed by atoms with Gasteiger partial charge in [-0.2, -0.15) is 26.3 Å². The minimum Gasteiger partial charge on any atom is -0.496 e. The van der Waals surface area contributed by atoms with Gasteiger partial charge in [-0.15, -0.1) is 0 Å². The van der Waals surface area contributed by atoms with E-state index in [9.17, 15) is 39.9 Å². The van der Waals surface area contributed by atoms with Crippen molar-refractivity contribution < 1.29 is 44.7 Å². The minimum atomic E-state index is -4.80. The summed E-state index contributed by atoms with van der Waals surface area (Å²) in [4.78, 5) is 14.8. The van der Waals surface area contributed by atoms with Gasteiger partial charge in [0.1, 0.15) is 17.4 Å². The van der Waals surface area contributed by atoms with Crippen molar-refractivity contribution in [3.63, 3.8) is 0 Å². The maximum absolute atomic E-state index is 14.8. The molecule has 3 atom stereocenters. The molecule has 0 spiro atoms. The van der Waals surface area contributed by atoms with E-state index in [1.165, 1.54) is 30.2 Å². The highest BCUT2D eigenvalue weighted by molar-refractivity contribution is 5.83. The van der Waals surface area contributed by atoms with E-state index in [1.54, 1.807) is 13.8 Å². The number of ether oxygens (including phenoxy) is 1. The van der Waals surface area contributed by atoms with Crippen molar-refractivity contribution in [3.8, 4) is 16.9 Å². The maximum Gasteiger partial charge on any atom is 0.416 e. The molecule has 3 aromatic carbocycles. The zero-order valence-corrected chi connectivity index (χ0v) is 22.8. The lowest BCUT2D eigenvalue weighted by Crippen LogP contribution is -2.31. The molecule has 5 rings (SSSR count). The second-order valence-corrected chi connectivity index (χ2v) is 11.1. The van der Waals surface area contributed by atoms with Crippen LogP contribution in [0.25, 0.3) is 11.1 Å². The number of rotatable bonds is 5. The minimum absolute atomic E-state index is 0.00914. The van der Waals surface area contributed by atoms with E-state index in [0.29, 0.717) is 22.8 Å². The molecular weight excluding hydrogens is 570 g/mol. The van der Waals surface area contributed by atoms with Crippen LogP contribution in [0.15, 0.2) is 48.5 Å². The number of carbonyl (C=O) groups is 1. The highest BCUT2D eigenvalue weighted by atomic mass is 19.4. The molecule has 1 amide bonds. The van der Waals surface area contributed by atoms with Gasteiger partial charge in [-0.3, -0.25) is 4.79 Å². The summed E-state index contributed by atoms with van der Waals surface area (Å²) in [5.41, 5.74) is -0.969. The van der Waals surface area contributed by atoms with Crippen molar-refractivity contribution in [3.05, 3.63) is 88.0 Å². The number of hydrogen-bond donors (Lipinski definition) is 0. The predicted molar refractivity (Wildman–Crippen MR) is 139 cm³/mol. The van der Waals surface area contributed by atoms with Gasteiger partial charge in [0.25, 0.3) is 0 Å². The molecule has 3 aromatic rings. The maximum atomic E-state index is 14.8. The Bertz CT molecular complexity index is 1530. The average Bonchev–Trinajstić information content (AvgIpc) is 3.48. The second-order valence-electron chi connectivity index (χ2n) is 11.1. The van der Waals surface area contributed by atoms with Crippen LogP contribution in [0.3, 0.4) is 0 Å². The third kappa shape index (κ3) is 5.33. The second kappa shape index (κ2) is 10.6. The van der Waals surface area contributed by atoms with Gasteiger partial charge in [0.15, 0.2) is 0 Å². The molecule has 0 aliphatic carbocycles. The quantitative estimate of drug-likeness (QED) is 0.275. The largest absolute Gasteiger partial charge is 0.496 e. The molecule has 2 fully saturated rings. The van der Waals surface area contributed by atoms with Crippen LogP contribution in [0.4, 0.5) is 35.1 Å². The van der Waals surface area contributed by atoms with Crippen molar-refractivity contribution in [2.75, 3.05) is 7.11 Å². The van der Waals surface area contributed by atoms with Crippen LogP contribution < -0.4 is 4.74 Å². The summed E-state index contributed by atoms with van der Waals surface area (Å²) in [6.07, 6.45) is -9.20. The number of alkyl halides is 6. The molecule has 0 unspecified atom stereocenters. The first-order valence-corrected chi connectivity index (χ1v) is 13.4. The smallest absolute Gasteiger partial charge is 0.416 e. The fourth-order valence-electron chi connectivity index (χ4n) is 6.31. The Labute approximate surface area is 237 Å². The monoisotopic (exact) mass is 597 g/mol. The van der Waals surface area contributed by atoms with Crippen molar-refractivity contribution in [1.29, 1.82) is 0 Å². The van der Waals surface area contributed by atoms with E-state index in [-0.39, 0.29) is 42.1 Å². The van der Waals surface area contributed by atoms with Crippen LogP contribution in [0.1, 0.15) is 78.8 Å². The van der Waals surface area contributed by atoms with Gasteiger partial charge < -0.3 is 9.64 Å². The lowest BCUT2D eigenvalue weighted by atomic mass is 9.87. The van der Waals surface area contributed by atoms with Crippen LogP contribution in [0.5, 0.6) is 5.75 Å². The Morgan fingerprint density at radius 1 is 0.857 bits per heavy atom. The summed E-state index contributed by atoms with van der Waals surface area (Å²) >= 11 is 0. The predicted octanol–water partition coefficient (Wildman–Crippen LogP) is 9.02. The molecule has 0 bridgehead atoms. The lowest BCUT2D eigenvalue weighted by molar-refractivity contribution is -0.138. The first-order chi connectivity index (χ1) is 19.6. The summed E-state index contributed by atoms with van der Waals surface area (Å²) in [6, 6.07) is 6.51. The van der Waals surface area contributed by atoms with Crippen LogP contribution in [0, 0.1) is 11.6 Å².